The highest BCUT2D eigenvalue weighted by molar-refractivity contribution is 5.43. The zero-order valence-corrected chi connectivity index (χ0v) is 11.1. The summed E-state index contributed by atoms with van der Waals surface area (Å²) in [5, 5.41) is 0. The van der Waals surface area contributed by atoms with Gasteiger partial charge in [0.25, 0.3) is 0 Å². The summed E-state index contributed by atoms with van der Waals surface area (Å²) in [4.78, 5) is 2.50. The van der Waals surface area contributed by atoms with E-state index in [0.29, 0.717) is 6.04 Å². The first-order chi connectivity index (χ1) is 8.72. The molecule has 2 heterocycles. The van der Waals surface area contributed by atoms with Crippen molar-refractivity contribution >= 4 is 0 Å². The molecule has 1 fully saturated rings. The summed E-state index contributed by atoms with van der Waals surface area (Å²) in [5.74, 6) is 6.65. The molecule has 0 spiro atoms. The monoisotopic (exact) mass is 237 g/mol. The van der Waals surface area contributed by atoms with Crippen LogP contribution in [0.5, 0.6) is 0 Å². The van der Waals surface area contributed by atoms with Crippen LogP contribution in [0.1, 0.15) is 30.4 Å². The third kappa shape index (κ3) is 2.21. The van der Waals surface area contributed by atoms with Crippen molar-refractivity contribution in [1.82, 2.24) is 4.90 Å². The molecule has 0 aromatic heterocycles. The maximum absolute atomic E-state index is 3.36. The molecule has 2 atom stereocenters. The van der Waals surface area contributed by atoms with Crippen molar-refractivity contribution in [2.24, 2.45) is 0 Å². The zero-order chi connectivity index (χ0) is 12.5. The molecule has 0 aliphatic carbocycles. The van der Waals surface area contributed by atoms with E-state index < -0.39 is 0 Å². The van der Waals surface area contributed by atoms with Crippen LogP contribution < -0.4 is 0 Å². The van der Waals surface area contributed by atoms with Crippen LogP contribution >= 0.6 is 0 Å². The van der Waals surface area contributed by atoms with Crippen LogP contribution in [0.15, 0.2) is 35.9 Å². The van der Waals surface area contributed by atoms with E-state index in [9.17, 15) is 0 Å². The van der Waals surface area contributed by atoms with Crippen LogP contribution in [0.3, 0.4) is 0 Å². The summed E-state index contributed by atoms with van der Waals surface area (Å²) < 4.78 is 0. The average Bonchev–Trinajstić information content (AvgIpc) is 2.62. The lowest BCUT2D eigenvalue weighted by Crippen LogP contribution is -2.34. The number of benzene rings is 1. The normalized spacial score (nSPS) is 26.4. The SMILES string of the molecule is Cc1ccc(C#CC2=CC3CCC(C2)N3C)cc1. The van der Waals surface area contributed by atoms with Gasteiger partial charge >= 0.3 is 0 Å². The number of hydrogen-bond acceptors (Lipinski definition) is 1. The second-order valence-electron chi connectivity index (χ2n) is 5.48. The third-order valence-corrected chi connectivity index (χ3v) is 4.16. The van der Waals surface area contributed by atoms with Crippen LogP contribution in [0.2, 0.25) is 0 Å². The lowest BCUT2D eigenvalue weighted by atomic mass is 10.0. The first-order valence-corrected chi connectivity index (χ1v) is 6.74. The molecular formula is C17H19N. The summed E-state index contributed by atoms with van der Waals surface area (Å²) >= 11 is 0. The Kier molecular flexibility index (Phi) is 2.97. The lowest BCUT2D eigenvalue weighted by molar-refractivity contribution is 0.257. The molecule has 1 nitrogen and oxygen atoms in total. The van der Waals surface area contributed by atoms with Gasteiger partial charge in [-0.2, -0.15) is 0 Å². The average molecular weight is 237 g/mol. The molecule has 3 rings (SSSR count). The topological polar surface area (TPSA) is 3.24 Å². The van der Waals surface area contributed by atoms with Crippen LogP contribution in [0, 0.1) is 18.8 Å². The number of aryl methyl sites for hydroxylation is 1. The molecule has 0 saturated carbocycles. The Morgan fingerprint density at radius 3 is 2.61 bits per heavy atom. The van der Waals surface area contributed by atoms with Crippen LogP contribution in [0.25, 0.3) is 0 Å². The lowest BCUT2D eigenvalue weighted by Gasteiger charge is -2.28. The molecule has 2 unspecified atom stereocenters. The molecule has 92 valence electrons. The molecule has 1 heteroatoms. The first-order valence-electron chi connectivity index (χ1n) is 6.74. The fourth-order valence-corrected chi connectivity index (χ4v) is 2.92. The van der Waals surface area contributed by atoms with E-state index in [0.717, 1.165) is 18.0 Å². The maximum atomic E-state index is 3.36. The van der Waals surface area contributed by atoms with Gasteiger partial charge in [0.1, 0.15) is 0 Å². The Morgan fingerprint density at radius 1 is 1.11 bits per heavy atom. The number of rotatable bonds is 0. The Balaban J connectivity index is 1.78. The van der Waals surface area contributed by atoms with E-state index in [4.69, 9.17) is 0 Å². The maximum Gasteiger partial charge on any atom is 0.0290 e. The van der Waals surface area contributed by atoms with Crippen molar-refractivity contribution in [3.63, 3.8) is 0 Å². The smallest absolute Gasteiger partial charge is 0.0290 e. The Hall–Kier alpha value is -1.52. The van der Waals surface area contributed by atoms with Gasteiger partial charge in [-0.15, -0.1) is 0 Å². The summed E-state index contributed by atoms with van der Waals surface area (Å²) in [6, 6.07) is 9.81. The van der Waals surface area contributed by atoms with Gasteiger partial charge in [-0.3, -0.25) is 4.90 Å². The Labute approximate surface area is 110 Å². The quantitative estimate of drug-likeness (QED) is 0.627. The second kappa shape index (κ2) is 4.63. The van der Waals surface area contributed by atoms with Gasteiger partial charge in [0, 0.05) is 23.2 Å². The fraction of sp³-hybridized carbons (Fsp3) is 0.412. The number of hydrogen-bond donors (Lipinski definition) is 0. The van der Waals surface area contributed by atoms with Crippen LogP contribution in [-0.4, -0.2) is 24.0 Å². The van der Waals surface area contributed by atoms with Crippen molar-refractivity contribution in [2.45, 2.75) is 38.3 Å². The molecule has 0 N–H and O–H groups in total. The van der Waals surface area contributed by atoms with Gasteiger partial charge in [-0.05, 0) is 45.4 Å². The minimum absolute atomic E-state index is 0.631. The zero-order valence-electron chi connectivity index (χ0n) is 11.1. The van der Waals surface area contributed by atoms with Crippen molar-refractivity contribution < 1.29 is 0 Å². The van der Waals surface area contributed by atoms with Gasteiger partial charge in [-0.1, -0.05) is 35.6 Å². The Bertz CT molecular complexity index is 527. The summed E-state index contributed by atoms with van der Waals surface area (Å²) in [6.07, 6.45) is 6.13. The Morgan fingerprint density at radius 2 is 1.89 bits per heavy atom. The highest BCUT2D eigenvalue weighted by Gasteiger charge is 2.33. The van der Waals surface area contributed by atoms with Crippen LogP contribution in [-0.2, 0) is 0 Å². The van der Waals surface area contributed by atoms with E-state index in [1.165, 1.54) is 24.0 Å². The predicted octanol–water partition coefficient (Wildman–Crippen LogP) is 3.14. The fourth-order valence-electron chi connectivity index (χ4n) is 2.92. The number of nitrogens with zero attached hydrogens (tertiary/aromatic N) is 1. The van der Waals surface area contributed by atoms with Crippen molar-refractivity contribution in [2.75, 3.05) is 7.05 Å². The number of likely N-dealkylation sites (N-methyl/N-ethyl adjacent to an activating group) is 1. The second-order valence-corrected chi connectivity index (χ2v) is 5.48. The van der Waals surface area contributed by atoms with Crippen molar-refractivity contribution in [3.05, 3.63) is 47.0 Å². The molecule has 2 aliphatic rings. The molecule has 18 heavy (non-hydrogen) atoms. The van der Waals surface area contributed by atoms with E-state index in [1.807, 2.05) is 0 Å². The molecule has 1 aromatic carbocycles. The highest BCUT2D eigenvalue weighted by Crippen LogP contribution is 2.32. The van der Waals surface area contributed by atoms with Crippen LogP contribution in [0.4, 0.5) is 0 Å². The minimum atomic E-state index is 0.631. The predicted molar refractivity (Wildman–Crippen MR) is 75.3 cm³/mol. The van der Waals surface area contributed by atoms with E-state index in [-0.39, 0.29) is 0 Å². The molecule has 1 aromatic rings. The molecule has 2 bridgehead atoms. The largest absolute Gasteiger partial charge is 0.297 e. The highest BCUT2D eigenvalue weighted by atomic mass is 15.2. The molecule has 2 aliphatic heterocycles. The van der Waals surface area contributed by atoms with Gasteiger partial charge in [0.05, 0.1) is 0 Å². The molecular weight excluding hydrogens is 218 g/mol. The third-order valence-electron chi connectivity index (χ3n) is 4.16. The van der Waals surface area contributed by atoms with E-state index >= 15 is 0 Å². The van der Waals surface area contributed by atoms with Crippen molar-refractivity contribution in [3.8, 4) is 11.8 Å². The summed E-state index contributed by atoms with van der Waals surface area (Å²) in [6.45, 7) is 2.11. The minimum Gasteiger partial charge on any atom is -0.297 e. The molecule has 0 radical (unpaired) electrons. The van der Waals surface area contributed by atoms with Gasteiger partial charge < -0.3 is 0 Å². The van der Waals surface area contributed by atoms with Gasteiger partial charge in [-0.25, -0.2) is 0 Å². The summed E-state index contributed by atoms with van der Waals surface area (Å²) in [5.41, 5.74) is 3.74. The van der Waals surface area contributed by atoms with E-state index in [2.05, 4.69) is 61.1 Å². The molecule has 0 amide bonds. The summed E-state index contributed by atoms with van der Waals surface area (Å²) in [7, 11) is 2.24. The van der Waals surface area contributed by atoms with Crippen molar-refractivity contribution in [1.29, 1.82) is 0 Å². The standard InChI is InChI=1S/C17H19N/c1-13-3-5-14(6-4-13)7-8-15-11-16-9-10-17(12-15)18(16)2/h3-6,11,16-17H,9-10,12H2,1-2H3. The van der Waals surface area contributed by atoms with E-state index in [1.54, 1.807) is 0 Å². The van der Waals surface area contributed by atoms with Gasteiger partial charge in [0.2, 0.25) is 0 Å². The number of fused-ring (bicyclic) bond motifs is 2. The first kappa shape index (κ1) is 11.6. The molecule has 1 saturated heterocycles. The van der Waals surface area contributed by atoms with Gasteiger partial charge in [0.15, 0.2) is 0 Å².